The SMILES string of the molecule is Cc1cc(S(N)(=O)=O)ccc1NC(=O)COc1ccc(Cl)cc1NC(=O)c1cccc(F)c1. The number of halogens is 2. The first kappa shape index (κ1) is 24.2. The summed E-state index contributed by atoms with van der Waals surface area (Å²) in [7, 11) is -3.86. The van der Waals surface area contributed by atoms with Crippen molar-refractivity contribution >= 4 is 44.8 Å². The summed E-state index contributed by atoms with van der Waals surface area (Å²) in [4.78, 5) is 24.7. The molecule has 33 heavy (non-hydrogen) atoms. The number of carbonyl (C=O) groups excluding carboxylic acids is 2. The summed E-state index contributed by atoms with van der Waals surface area (Å²) in [6, 6.07) is 13.6. The van der Waals surface area contributed by atoms with Gasteiger partial charge in [-0.2, -0.15) is 0 Å². The third-order valence-electron chi connectivity index (χ3n) is 4.44. The monoisotopic (exact) mass is 491 g/mol. The second-order valence-electron chi connectivity index (χ2n) is 6.96. The molecule has 0 aromatic heterocycles. The van der Waals surface area contributed by atoms with Crippen molar-refractivity contribution in [3.63, 3.8) is 0 Å². The van der Waals surface area contributed by atoms with Gasteiger partial charge >= 0.3 is 0 Å². The molecular weight excluding hydrogens is 473 g/mol. The summed E-state index contributed by atoms with van der Waals surface area (Å²) in [6.45, 7) is 1.20. The standard InChI is InChI=1S/C22H19ClFN3O5S/c1-13-9-17(33(25,30)31)6-7-18(13)26-21(28)12-32-20-8-5-15(23)11-19(20)27-22(29)14-3-2-4-16(24)10-14/h2-11H,12H2,1H3,(H,26,28)(H,27,29)(H2,25,30,31). The first-order chi connectivity index (χ1) is 15.5. The highest BCUT2D eigenvalue weighted by atomic mass is 35.5. The number of benzene rings is 3. The van der Waals surface area contributed by atoms with Crippen LogP contribution in [0.5, 0.6) is 5.75 Å². The first-order valence-corrected chi connectivity index (χ1v) is 11.4. The molecule has 0 spiro atoms. The molecule has 0 aliphatic carbocycles. The molecule has 3 aromatic rings. The maximum atomic E-state index is 13.4. The molecule has 11 heteroatoms. The number of ether oxygens (including phenoxy) is 1. The lowest BCUT2D eigenvalue weighted by Crippen LogP contribution is -2.21. The Kier molecular flexibility index (Phi) is 7.32. The molecule has 2 amide bonds. The van der Waals surface area contributed by atoms with Crippen molar-refractivity contribution in [1.29, 1.82) is 0 Å². The highest BCUT2D eigenvalue weighted by molar-refractivity contribution is 7.89. The van der Waals surface area contributed by atoms with Gasteiger partial charge in [-0.1, -0.05) is 17.7 Å². The van der Waals surface area contributed by atoms with E-state index in [1.165, 1.54) is 54.6 Å². The summed E-state index contributed by atoms with van der Waals surface area (Å²) >= 11 is 6.01. The van der Waals surface area contributed by atoms with E-state index < -0.39 is 34.3 Å². The van der Waals surface area contributed by atoms with Gasteiger partial charge in [-0.05, 0) is 67.1 Å². The topological polar surface area (TPSA) is 128 Å². The number of nitrogens with one attached hydrogen (secondary N) is 2. The lowest BCUT2D eigenvalue weighted by atomic mass is 10.2. The Hall–Kier alpha value is -3.47. The Morgan fingerprint density at radius 1 is 1.03 bits per heavy atom. The van der Waals surface area contributed by atoms with Crippen molar-refractivity contribution in [3.05, 3.63) is 82.6 Å². The molecule has 0 heterocycles. The molecule has 172 valence electrons. The fourth-order valence-corrected chi connectivity index (χ4v) is 3.60. The van der Waals surface area contributed by atoms with Crippen LogP contribution in [0.4, 0.5) is 15.8 Å². The largest absolute Gasteiger partial charge is 0.482 e. The smallest absolute Gasteiger partial charge is 0.262 e. The van der Waals surface area contributed by atoms with Crippen LogP contribution in [-0.2, 0) is 14.8 Å². The Morgan fingerprint density at radius 2 is 1.79 bits per heavy atom. The van der Waals surface area contributed by atoms with E-state index in [0.717, 1.165) is 6.07 Å². The summed E-state index contributed by atoms with van der Waals surface area (Å²) in [6.07, 6.45) is 0. The fourth-order valence-electron chi connectivity index (χ4n) is 2.83. The molecular formula is C22H19ClFN3O5S. The van der Waals surface area contributed by atoms with Gasteiger partial charge in [0.15, 0.2) is 6.61 Å². The molecule has 0 saturated heterocycles. The summed E-state index contributed by atoms with van der Waals surface area (Å²) < 4.78 is 41.8. The molecule has 0 radical (unpaired) electrons. The van der Waals surface area contributed by atoms with Gasteiger partial charge in [0.2, 0.25) is 10.0 Å². The second-order valence-corrected chi connectivity index (χ2v) is 8.96. The molecule has 3 rings (SSSR count). The molecule has 8 nitrogen and oxygen atoms in total. The Balaban J connectivity index is 1.69. The molecule has 0 fully saturated rings. The Morgan fingerprint density at radius 3 is 2.45 bits per heavy atom. The van der Waals surface area contributed by atoms with Crippen molar-refractivity contribution < 1.29 is 27.1 Å². The number of sulfonamides is 1. The lowest BCUT2D eigenvalue weighted by molar-refractivity contribution is -0.118. The van der Waals surface area contributed by atoms with Crippen molar-refractivity contribution in [1.82, 2.24) is 0 Å². The lowest BCUT2D eigenvalue weighted by Gasteiger charge is -2.14. The van der Waals surface area contributed by atoms with Gasteiger partial charge in [0, 0.05) is 16.3 Å². The normalized spacial score (nSPS) is 11.0. The van der Waals surface area contributed by atoms with E-state index in [9.17, 15) is 22.4 Å². The predicted molar refractivity (Wildman–Crippen MR) is 122 cm³/mol. The summed E-state index contributed by atoms with van der Waals surface area (Å²) in [5, 5.41) is 10.6. The highest BCUT2D eigenvalue weighted by Crippen LogP contribution is 2.29. The minimum Gasteiger partial charge on any atom is -0.482 e. The van der Waals surface area contributed by atoms with Gasteiger partial charge in [0.05, 0.1) is 10.6 Å². The number of anilines is 2. The van der Waals surface area contributed by atoms with Gasteiger partial charge in [0.1, 0.15) is 11.6 Å². The van der Waals surface area contributed by atoms with E-state index in [0.29, 0.717) is 16.3 Å². The van der Waals surface area contributed by atoms with Crippen LogP contribution in [0.3, 0.4) is 0 Å². The van der Waals surface area contributed by atoms with E-state index >= 15 is 0 Å². The molecule has 0 saturated carbocycles. The average Bonchev–Trinajstić information content (AvgIpc) is 2.74. The molecule has 3 aromatic carbocycles. The highest BCUT2D eigenvalue weighted by Gasteiger charge is 2.14. The van der Waals surface area contributed by atoms with Crippen molar-refractivity contribution in [2.45, 2.75) is 11.8 Å². The summed E-state index contributed by atoms with van der Waals surface area (Å²) in [5.41, 5.74) is 1.16. The fraction of sp³-hybridized carbons (Fsp3) is 0.0909. The van der Waals surface area contributed by atoms with Crippen molar-refractivity contribution in [2.75, 3.05) is 17.2 Å². The molecule has 0 aliphatic heterocycles. The van der Waals surface area contributed by atoms with E-state index in [4.69, 9.17) is 21.5 Å². The Bertz CT molecular complexity index is 1330. The van der Waals surface area contributed by atoms with Crippen molar-refractivity contribution in [2.24, 2.45) is 5.14 Å². The maximum Gasteiger partial charge on any atom is 0.262 e. The van der Waals surface area contributed by atoms with Gasteiger partial charge in [-0.15, -0.1) is 0 Å². The third-order valence-corrected chi connectivity index (χ3v) is 5.58. The number of amides is 2. The van der Waals surface area contributed by atoms with Crippen molar-refractivity contribution in [3.8, 4) is 5.75 Å². The zero-order valence-electron chi connectivity index (χ0n) is 17.3. The molecule has 0 unspecified atom stereocenters. The number of aryl methyl sites for hydroxylation is 1. The zero-order valence-corrected chi connectivity index (χ0v) is 18.8. The number of hydrogen-bond acceptors (Lipinski definition) is 5. The van der Waals surface area contributed by atoms with Gasteiger partial charge in [0.25, 0.3) is 11.8 Å². The van der Waals surface area contributed by atoms with E-state index in [1.807, 2.05) is 0 Å². The first-order valence-electron chi connectivity index (χ1n) is 9.45. The van der Waals surface area contributed by atoms with E-state index in [1.54, 1.807) is 6.92 Å². The minimum absolute atomic E-state index is 0.0749. The van der Waals surface area contributed by atoms with Gasteiger partial charge < -0.3 is 15.4 Å². The number of nitrogens with two attached hydrogens (primary N) is 1. The molecule has 0 atom stereocenters. The predicted octanol–water partition coefficient (Wildman–Crippen LogP) is 3.70. The van der Waals surface area contributed by atoms with Crippen LogP contribution in [0.15, 0.2) is 65.6 Å². The third kappa shape index (κ3) is 6.51. The summed E-state index contributed by atoms with van der Waals surface area (Å²) in [5.74, 6) is -1.51. The van der Waals surface area contributed by atoms with Crippen LogP contribution in [0.25, 0.3) is 0 Å². The van der Waals surface area contributed by atoms with E-state index in [-0.39, 0.29) is 21.9 Å². The van der Waals surface area contributed by atoms with Crippen LogP contribution in [0.1, 0.15) is 15.9 Å². The maximum absolute atomic E-state index is 13.4. The van der Waals surface area contributed by atoms with Crippen LogP contribution in [0.2, 0.25) is 5.02 Å². The quantitative estimate of drug-likeness (QED) is 0.464. The second kappa shape index (κ2) is 9.99. The Labute approximate surface area is 194 Å². The van der Waals surface area contributed by atoms with Crippen LogP contribution < -0.4 is 20.5 Å². The van der Waals surface area contributed by atoms with Crippen LogP contribution in [-0.4, -0.2) is 26.8 Å². The van der Waals surface area contributed by atoms with Gasteiger partial charge in [-0.3, -0.25) is 9.59 Å². The zero-order chi connectivity index (χ0) is 24.2. The number of rotatable bonds is 7. The molecule has 4 N–H and O–H groups in total. The number of carbonyl (C=O) groups is 2. The van der Waals surface area contributed by atoms with E-state index in [2.05, 4.69) is 10.6 Å². The van der Waals surface area contributed by atoms with Gasteiger partial charge in [-0.25, -0.2) is 17.9 Å². The molecule has 0 aliphatic rings. The van der Waals surface area contributed by atoms with Crippen LogP contribution in [0, 0.1) is 12.7 Å². The average molecular weight is 492 g/mol. The molecule has 0 bridgehead atoms. The van der Waals surface area contributed by atoms with Crippen LogP contribution >= 0.6 is 11.6 Å². The minimum atomic E-state index is -3.86. The number of hydrogen-bond donors (Lipinski definition) is 3. The number of primary sulfonamides is 1.